The summed E-state index contributed by atoms with van der Waals surface area (Å²) in [5.41, 5.74) is 0.192. The lowest BCUT2D eigenvalue weighted by Crippen LogP contribution is -2.15. The Morgan fingerprint density at radius 3 is 2.95 bits per heavy atom. The van der Waals surface area contributed by atoms with Gasteiger partial charge in [-0.3, -0.25) is 9.59 Å². The van der Waals surface area contributed by atoms with Crippen molar-refractivity contribution in [1.29, 1.82) is 0 Å². The molecule has 2 aromatic heterocycles. The summed E-state index contributed by atoms with van der Waals surface area (Å²) >= 11 is 6.94. The number of nitrogens with zero attached hydrogens (tertiary/aromatic N) is 2. The number of aromatic nitrogens is 3. The minimum absolute atomic E-state index is 0.109. The summed E-state index contributed by atoms with van der Waals surface area (Å²) in [4.78, 5) is 33.0. The molecule has 0 saturated carbocycles. The first-order valence-electron chi connectivity index (χ1n) is 5.23. The van der Waals surface area contributed by atoms with E-state index in [4.69, 9.17) is 11.6 Å². The molecule has 0 saturated heterocycles. The molecule has 0 unspecified atom stereocenters. The van der Waals surface area contributed by atoms with Crippen molar-refractivity contribution in [3.63, 3.8) is 0 Å². The van der Waals surface area contributed by atoms with Gasteiger partial charge in [0.1, 0.15) is 0 Å². The Morgan fingerprint density at radius 1 is 1.37 bits per heavy atom. The molecule has 0 aliphatic heterocycles. The van der Waals surface area contributed by atoms with E-state index in [0.717, 1.165) is 11.8 Å². The average molecular weight is 297 g/mol. The van der Waals surface area contributed by atoms with E-state index in [1.54, 1.807) is 12.1 Å². The van der Waals surface area contributed by atoms with Gasteiger partial charge in [0.15, 0.2) is 10.3 Å². The number of hydrogen-bond donors (Lipinski definition) is 2. The molecule has 0 aliphatic rings. The molecule has 0 atom stereocenters. The highest BCUT2D eigenvalue weighted by Gasteiger charge is 2.07. The number of carbonyl (C=O) groups excluding carboxylic acids is 1. The third-order valence-electron chi connectivity index (χ3n) is 2.02. The summed E-state index contributed by atoms with van der Waals surface area (Å²) in [5, 5.41) is 3.24. The number of pyridine rings is 1. The Kier molecular flexibility index (Phi) is 4.53. The second-order valence-electron chi connectivity index (χ2n) is 3.42. The molecule has 98 valence electrons. The lowest BCUT2D eigenvalue weighted by Gasteiger charge is -2.05. The second kappa shape index (κ2) is 6.35. The lowest BCUT2D eigenvalue weighted by molar-refractivity contribution is -0.113. The van der Waals surface area contributed by atoms with Gasteiger partial charge < -0.3 is 10.3 Å². The van der Waals surface area contributed by atoms with Gasteiger partial charge in [0, 0.05) is 18.5 Å². The largest absolute Gasteiger partial charge is 0.323 e. The van der Waals surface area contributed by atoms with Crippen LogP contribution in [0.1, 0.15) is 0 Å². The number of H-pyrrole nitrogens is 1. The zero-order chi connectivity index (χ0) is 13.7. The van der Waals surface area contributed by atoms with Crippen molar-refractivity contribution in [1.82, 2.24) is 15.0 Å². The first-order valence-corrected chi connectivity index (χ1v) is 6.60. The van der Waals surface area contributed by atoms with E-state index in [9.17, 15) is 9.59 Å². The number of nitrogens with one attached hydrogen (secondary N) is 2. The van der Waals surface area contributed by atoms with Crippen LogP contribution in [0.25, 0.3) is 0 Å². The molecule has 8 heteroatoms. The Labute approximate surface area is 117 Å². The van der Waals surface area contributed by atoms with Crippen LogP contribution in [-0.4, -0.2) is 26.6 Å². The standard InChI is InChI=1S/C11H9ClN4O2S/c12-10-7(2-1-4-13-10)15-9(18)6-19-11-14-5-3-8(17)16-11/h1-5H,6H2,(H,15,18)(H,14,16,17). The number of amides is 1. The van der Waals surface area contributed by atoms with E-state index in [-0.39, 0.29) is 22.4 Å². The first kappa shape index (κ1) is 13.6. The van der Waals surface area contributed by atoms with E-state index < -0.39 is 0 Å². The Hall–Kier alpha value is -1.86. The second-order valence-corrected chi connectivity index (χ2v) is 4.74. The van der Waals surface area contributed by atoms with Crippen molar-refractivity contribution in [3.05, 3.63) is 46.1 Å². The number of halogens is 1. The van der Waals surface area contributed by atoms with Crippen LogP contribution in [0.4, 0.5) is 5.69 Å². The number of anilines is 1. The molecular formula is C11H9ClN4O2S. The van der Waals surface area contributed by atoms with Gasteiger partial charge in [-0.1, -0.05) is 23.4 Å². The van der Waals surface area contributed by atoms with Crippen LogP contribution < -0.4 is 10.9 Å². The van der Waals surface area contributed by atoms with Crippen LogP contribution in [-0.2, 0) is 4.79 Å². The number of rotatable bonds is 4. The normalized spacial score (nSPS) is 10.2. The molecule has 0 aromatic carbocycles. The van der Waals surface area contributed by atoms with Crippen molar-refractivity contribution in [3.8, 4) is 0 Å². The monoisotopic (exact) mass is 296 g/mol. The molecule has 19 heavy (non-hydrogen) atoms. The van der Waals surface area contributed by atoms with Gasteiger partial charge in [-0.25, -0.2) is 9.97 Å². The summed E-state index contributed by atoms with van der Waals surface area (Å²) in [6.45, 7) is 0. The fraction of sp³-hybridized carbons (Fsp3) is 0.0909. The predicted octanol–water partition coefficient (Wildman–Crippen LogP) is 1.55. The number of thioether (sulfide) groups is 1. The summed E-state index contributed by atoms with van der Waals surface area (Å²) in [7, 11) is 0. The topological polar surface area (TPSA) is 87.7 Å². The smallest absolute Gasteiger partial charge is 0.251 e. The first-order chi connectivity index (χ1) is 9.15. The van der Waals surface area contributed by atoms with Crippen LogP contribution in [0.3, 0.4) is 0 Å². The van der Waals surface area contributed by atoms with Crippen LogP contribution in [0.5, 0.6) is 0 Å². The van der Waals surface area contributed by atoms with Gasteiger partial charge in [-0.15, -0.1) is 0 Å². The fourth-order valence-electron chi connectivity index (χ4n) is 1.22. The number of carbonyl (C=O) groups is 1. The van der Waals surface area contributed by atoms with Gasteiger partial charge >= 0.3 is 0 Å². The maximum absolute atomic E-state index is 11.7. The summed E-state index contributed by atoms with van der Waals surface area (Å²) < 4.78 is 0. The molecule has 1 amide bonds. The number of aromatic amines is 1. The zero-order valence-corrected chi connectivity index (χ0v) is 11.2. The molecule has 0 spiro atoms. The van der Waals surface area contributed by atoms with E-state index in [2.05, 4.69) is 20.3 Å². The van der Waals surface area contributed by atoms with Crippen LogP contribution in [0.15, 0.2) is 40.5 Å². The quantitative estimate of drug-likeness (QED) is 0.508. The molecule has 0 aliphatic carbocycles. The van der Waals surface area contributed by atoms with E-state index >= 15 is 0 Å². The van der Waals surface area contributed by atoms with Gasteiger partial charge in [0.05, 0.1) is 11.4 Å². The Balaban J connectivity index is 1.92. The Bertz CT molecular complexity index is 646. The van der Waals surface area contributed by atoms with E-state index in [1.807, 2.05) is 0 Å². The summed E-state index contributed by atoms with van der Waals surface area (Å²) in [6, 6.07) is 4.63. The highest BCUT2D eigenvalue weighted by Crippen LogP contribution is 2.18. The molecule has 0 fully saturated rings. The third-order valence-corrected chi connectivity index (χ3v) is 3.21. The van der Waals surface area contributed by atoms with E-state index in [0.29, 0.717) is 10.8 Å². The maximum atomic E-state index is 11.7. The SMILES string of the molecule is O=C(CSc1nccc(=O)[nH]1)Nc1cccnc1Cl. The van der Waals surface area contributed by atoms with Gasteiger partial charge in [0.2, 0.25) is 5.91 Å². The minimum Gasteiger partial charge on any atom is -0.323 e. The molecule has 2 aromatic rings. The van der Waals surface area contributed by atoms with Gasteiger partial charge in [-0.05, 0) is 12.1 Å². The van der Waals surface area contributed by atoms with Crippen molar-refractivity contribution in [2.75, 3.05) is 11.1 Å². The fourth-order valence-corrected chi connectivity index (χ4v) is 2.04. The highest BCUT2D eigenvalue weighted by atomic mass is 35.5. The summed E-state index contributed by atoms with van der Waals surface area (Å²) in [5.74, 6) is -0.149. The van der Waals surface area contributed by atoms with Crippen LogP contribution in [0.2, 0.25) is 5.15 Å². The van der Waals surface area contributed by atoms with Crippen molar-refractivity contribution < 1.29 is 4.79 Å². The van der Waals surface area contributed by atoms with Gasteiger partial charge in [-0.2, -0.15) is 0 Å². The predicted molar refractivity (Wildman–Crippen MR) is 73.5 cm³/mol. The Morgan fingerprint density at radius 2 is 2.21 bits per heavy atom. The van der Waals surface area contributed by atoms with Crippen LogP contribution >= 0.6 is 23.4 Å². The molecule has 2 heterocycles. The lowest BCUT2D eigenvalue weighted by atomic mass is 10.4. The molecular weight excluding hydrogens is 288 g/mol. The van der Waals surface area contributed by atoms with Crippen LogP contribution in [0, 0.1) is 0 Å². The zero-order valence-electron chi connectivity index (χ0n) is 9.59. The average Bonchev–Trinajstić information content (AvgIpc) is 2.39. The van der Waals surface area contributed by atoms with Crippen molar-refractivity contribution >= 4 is 35.0 Å². The summed E-state index contributed by atoms with van der Waals surface area (Å²) in [6.07, 6.45) is 2.92. The van der Waals surface area contributed by atoms with Crippen molar-refractivity contribution in [2.24, 2.45) is 0 Å². The molecule has 2 N–H and O–H groups in total. The van der Waals surface area contributed by atoms with Gasteiger partial charge in [0.25, 0.3) is 5.56 Å². The maximum Gasteiger partial charge on any atom is 0.251 e. The molecule has 0 bridgehead atoms. The minimum atomic E-state index is -0.258. The molecule has 2 rings (SSSR count). The van der Waals surface area contributed by atoms with E-state index in [1.165, 1.54) is 18.5 Å². The third kappa shape index (κ3) is 4.08. The number of hydrogen-bond acceptors (Lipinski definition) is 5. The molecule has 6 nitrogen and oxygen atoms in total. The highest BCUT2D eigenvalue weighted by molar-refractivity contribution is 7.99. The molecule has 0 radical (unpaired) electrons. The van der Waals surface area contributed by atoms with Crippen molar-refractivity contribution in [2.45, 2.75) is 5.16 Å².